The van der Waals surface area contributed by atoms with Crippen molar-refractivity contribution in [3.8, 4) is 0 Å². The number of nitrogens with one attached hydrogen (secondary N) is 2. The van der Waals surface area contributed by atoms with Crippen molar-refractivity contribution in [1.29, 1.82) is 0 Å². The Morgan fingerprint density at radius 2 is 1.90 bits per heavy atom. The van der Waals surface area contributed by atoms with Crippen molar-refractivity contribution in [2.45, 2.75) is 50.7 Å². The van der Waals surface area contributed by atoms with Crippen LogP contribution in [0.5, 0.6) is 0 Å². The molecule has 0 bridgehead atoms. The maximum atomic E-state index is 12.0. The van der Waals surface area contributed by atoms with Crippen LogP contribution in [0.2, 0.25) is 0 Å². The zero-order chi connectivity index (χ0) is 15.2. The second-order valence-corrected chi connectivity index (χ2v) is 5.64. The molecular weight excluding hydrogens is 266 g/mol. The van der Waals surface area contributed by atoms with Gasteiger partial charge in [0.1, 0.15) is 6.04 Å². The van der Waals surface area contributed by atoms with E-state index >= 15 is 0 Å². The summed E-state index contributed by atoms with van der Waals surface area (Å²) in [5, 5.41) is 5.53. The predicted octanol–water partition coefficient (Wildman–Crippen LogP) is 0.730. The topological polar surface area (TPSA) is 84.2 Å². The highest BCUT2D eigenvalue weighted by molar-refractivity contribution is 5.89. The van der Waals surface area contributed by atoms with Crippen LogP contribution in [0.25, 0.3) is 0 Å². The third kappa shape index (κ3) is 5.19. The molecule has 1 aliphatic carbocycles. The molecule has 1 unspecified atom stereocenters. The Labute approximate surface area is 125 Å². The number of benzene rings is 1. The summed E-state index contributed by atoms with van der Waals surface area (Å²) in [5.74, 6) is -0.412. The molecule has 1 fully saturated rings. The fourth-order valence-corrected chi connectivity index (χ4v) is 2.04. The first-order valence-corrected chi connectivity index (χ1v) is 7.46. The van der Waals surface area contributed by atoms with Crippen LogP contribution in [0.3, 0.4) is 0 Å². The molecule has 2 atom stereocenters. The lowest BCUT2D eigenvalue weighted by Gasteiger charge is -2.17. The second-order valence-electron chi connectivity index (χ2n) is 5.64. The number of aryl methyl sites for hydroxylation is 1. The van der Waals surface area contributed by atoms with E-state index in [1.807, 2.05) is 30.3 Å². The molecule has 0 aromatic heterocycles. The first kappa shape index (κ1) is 15.5. The first-order chi connectivity index (χ1) is 10.1. The molecular formula is C16H23N3O2. The number of rotatable bonds is 7. The summed E-state index contributed by atoms with van der Waals surface area (Å²) in [6, 6.07) is 9.06. The van der Waals surface area contributed by atoms with Crippen molar-refractivity contribution in [1.82, 2.24) is 10.6 Å². The molecule has 5 nitrogen and oxygen atoms in total. The van der Waals surface area contributed by atoms with Gasteiger partial charge in [-0.05, 0) is 38.2 Å². The van der Waals surface area contributed by atoms with Gasteiger partial charge in [-0.2, -0.15) is 0 Å². The van der Waals surface area contributed by atoms with Crippen molar-refractivity contribution < 1.29 is 9.59 Å². The van der Waals surface area contributed by atoms with E-state index in [4.69, 9.17) is 5.73 Å². The van der Waals surface area contributed by atoms with Crippen molar-refractivity contribution >= 4 is 11.8 Å². The molecule has 1 aromatic carbocycles. The average Bonchev–Trinajstić information content (AvgIpc) is 3.29. The molecule has 4 N–H and O–H groups in total. The molecule has 1 saturated carbocycles. The van der Waals surface area contributed by atoms with E-state index in [0.717, 1.165) is 24.8 Å². The van der Waals surface area contributed by atoms with Gasteiger partial charge in [0.25, 0.3) is 0 Å². The van der Waals surface area contributed by atoms with Crippen molar-refractivity contribution in [3.63, 3.8) is 0 Å². The van der Waals surface area contributed by atoms with Gasteiger partial charge in [-0.1, -0.05) is 30.3 Å². The van der Waals surface area contributed by atoms with Gasteiger partial charge in [-0.15, -0.1) is 0 Å². The Morgan fingerprint density at radius 1 is 1.24 bits per heavy atom. The molecule has 2 rings (SSSR count). The monoisotopic (exact) mass is 289 g/mol. The Morgan fingerprint density at radius 3 is 2.52 bits per heavy atom. The molecule has 0 saturated heterocycles. The molecule has 1 aliphatic rings. The van der Waals surface area contributed by atoms with Gasteiger partial charge >= 0.3 is 0 Å². The highest BCUT2D eigenvalue weighted by Crippen LogP contribution is 2.18. The second kappa shape index (κ2) is 7.22. The number of hydrogen-bond donors (Lipinski definition) is 3. The van der Waals surface area contributed by atoms with Gasteiger partial charge in [-0.25, -0.2) is 0 Å². The Balaban J connectivity index is 1.72. The minimum absolute atomic E-state index is 0.138. The SMILES string of the molecule is CC(NC(=O)[C@@H](N)CCc1ccccc1)C(=O)NC1CC1. The Bertz CT molecular complexity index is 486. The molecule has 0 spiro atoms. The van der Waals surface area contributed by atoms with E-state index in [9.17, 15) is 9.59 Å². The van der Waals surface area contributed by atoms with E-state index in [0.29, 0.717) is 12.5 Å². The summed E-state index contributed by atoms with van der Waals surface area (Å²) in [7, 11) is 0. The van der Waals surface area contributed by atoms with Crippen LogP contribution >= 0.6 is 0 Å². The minimum atomic E-state index is -0.596. The van der Waals surface area contributed by atoms with E-state index in [2.05, 4.69) is 10.6 Å². The van der Waals surface area contributed by atoms with E-state index in [-0.39, 0.29) is 11.8 Å². The quantitative estimate of drug-likeness (QED) is 0.692. The van der Waals surface area contributed by atoms with Crippen LogP contribution < -0.4 is 16.4 Å². The molecule has 0 heterocycles. The van der Waals surface area contributed by atoms with Crippen LogP contribution in [-0.4, -0.2) is 29.9 Å². The standard InChI is InChI=1S/C16H23N3O2/c1-11(15(20)19-13-8-9-13)18-16(21)14(17)10-7-12-5-3-2-4-6-12/h2-6,11,13-14H,7-10,17H2,1H3,(H,18,21)(H,19,20)/t11?,14-/m0/s1. The number of hydrogen-bond acceptors (Lipinski definition) is 3. The minimum Gasteiger partial charge on any atom is -0.352 e. The molecule has 0 radical (unpaired) electrons. The lowest BCUT2D eigenvalue weighted by molar-refractivity contribution is -0.129. The van der Waals surface area contributed by atoms with Crippen LogP contribution in [-0.2, 0) is 16.0 Å². The zero-order valence-corrected chi connectivity index (χ0v) is 12.3. The van der Waals surface area contributed by atoms with Gasteiger partial charge in [0.05, 0.1) is 6.04 Å². The van der Waals surface area contributed by atoms with Gasteiger partial charge in [-0.3, -0.25) is 9.59 Å². The van der Waals surface area contributed by atoms with Crippen LogP contribution in [0.4, 0.5) is 0 Å². The smallest absolute Gasteiger partial charge is 0.242 e. The molecule has 114 valence electrons. The summed E-state index contributed by atoms with van der Waals surface area (Å²) in [6.45, 7) is 1.68. The highest BCUT2D eigenvalue weighted by Gasteiger charge is 2.26. The third-order valence-electron chi connectivity index (χ3n) is 3.60. The molecule has 0 aliphatic heterocycles. The maximum Gasteiger partial charge on any atom is 0.242 e. The summed E-state index contributed by atoms with van der Waals surface area (Å²) in [4.78, 5) is 23.7. The summed E-state index contributed by atoms with van der Waals surface area (Å²) < 4.78 is 0. The van der Waals surface area contributed by atoms with Crippen molar-refractivity contribution in [3.05, 3.63) is 35.9 Å². The highest BCUT2D eigenvalue weighted by atomic mass is 16.2. The zero-order valence-electron chi connectivity index (χ0n) is 12.3. The molecule has 21 heavy (non-hydrogen) atoms. The van der Waals surface area contributed by atoms with E-state index < -0.39 is 12.1 Å². The summed E-state index contributed by atoms with van der Waals surface area (Å²) >= 11 is 0. The van der Waals surface area contributed by atoms with Crippen molar-refractivity contribution in [2.24, 2.45) is 5.73 Å². The molecule has 5 heteroatoms. The van der Waals surface area contributed by atoms with Crippen LogP contribution in [0.1, 0.15) is 31.7 Å². The van der Waals surface area contributed by atoms with Crippen LogP contribution in [0.15, 0.2) is 30.3 Å². The van der Waals surface area contributed by atoms with Gasteiger partial charge in [0.2, 0.25) is 11.8 Å². The maximum absolute atomic E-state index is 12.0. The first-order valence-electron chi connectivity index (χ1n) is 7.46. The number of carbonyl (C=O) groups excluding carboxylic acids is 2. The van der Waals surface area contributed by atoms with Crippen LogP contribution in [0, 0.1) is 0 Å². The molecule has 2 amide bonds. The van der Waals surface area contributed by atoms with Gasteiger partial charge in [0.15, 0.2) is 0 Å². The summed E-state index contributed by atoms with van der Waals surface area (Å²) in [6.07, 6.45) is 3.37. The Hall–Kier alpha value is -1.88. The number of carbonyl (C=O) groups is 2. The Kier molecular flexibility index (Phi) is 5.33. The number of amides is 2. The summed E-state index contributed by atoms with van der Waals surface area (Å²) in [5.41, 5.74) is 7.04. The van der Waals surface area contributed by atoms with Gasteiger partial charge in [0, 0.05) is 6.04 Å². The fraction of sp³-hybridized carbons (Fsp3) is 0.500. The largest absolute Gasteiger partial charge is 0.352 e. The van der Waals surface area contributed by atoms with E-state index in [1.165, 1.54) is 0 Å². The lowest BCUT2D eigenvalue weighted by atomic mass is 10.1. The number of nitrogens with two attached hydrogens (primary N) is 1. The van der Waals surface area contributed by atoms with E-state index in [1.54, 1.807) is 6.92 Å². The third-order valence-corrected chi connectivity index (χ3v) is 3.60. The molecule has 1 aromatic rings. The average molecular weight is 289 g/mol. The normalized spacial score (nSPS) is 16.9. The predicted molar refractivity (Wildman–Crippen MR) is 81.5 cm³/mol. The fourth-order valence-electron chi connectivity index (χ4n) is 2.04. The lowest BCUT2D eigenvalue weighted by Crippen LogP contribution is -2.50. The van der Waals surface area contributed by atoms with Crippen molar-refractivity contribution in [2.75, 3.05) is 0 Å². The van der Waals surface area contributed by atoms with Gasteiger partial charge < -0.3 is 16.4 Å².